The van der Waals surface area contributed by atoms with Gasteiger partial charge in [-0.3, -0.25) is 0 Å². The molecule has 16 heavy (non-hydrogen) atoms. The van der Waals surface area contributed by atoms with Crippen molar-refractivity contribution in [1.82, 2.24) is 4.98 Å². The van der Waals surface area contributed by atoms with E-state index in [9.17, 15) is 0 Å². The zero-order valence-electron chi connectivity index (χ0n) is 9.86. The largest absolute Gasteiger partial charge is 0.481 e. The number of rotatable bonds is 7. The van der Waals surface area contributed by atoms with Crippen LogP contribution in [-0.4, -0.2) is 18.1 Å². The van der Waals surface area contributed by atoms with E-state index in [1.807, 2.05) is 24.4 Å². The fourth-order valence-corrected chi connectivity index (χ4v) is 1.58. The summed E-state index contributed by atoms with van der Waals surface area (Å²) < 4.78 is 5.00. The lowest BCUT2D eigenvalue weighted by Crippen LogP contribution is -2.22. The predicted molar refractivity (Wildman–Crippen MR) is 66.5 cm³/mol. The first-order valence-electron chi connectivity index (χ1n) is 5.61. The first-order chi connectivity index (χ1) is 7.76. The van der Waals surface area contributed by atoms with Crippen molar-refractivity contribution in [3.63, 3.8) is 0 Å². The summed E-state index contributed by atoms with van der Waals surface area (Å²) in [5.41, 5.74) is 7.18. The maximum absolute atomic E-state index is 6.02. The summed E-state index contributed by atoms with van der Waals surface area (Å²) in [7, 11) is 1.61. The topological polar surface area (TPSA) is 48.1 Å². The van der Waals surface area contributed by atoms with E-state index in [1.165, 1.54) is 0 Å². The molecule has 1 aromatic rings. The Morgan fingerprint density at radius 2 is 2.38 bits per heavy atom. The third-order valence-corrected chi connectivity index (χ3v) is 2.49. The highest BCUT2D eigenvalue weighted by Gasteiger charge is 2.04. The summed E-state index contributed by atoms with van der Waals surface area (Å²) in [5.74, 6) is 0.643. The molecular formula is C13H20N2O. The molecule has 0 spiro atoms. The molecule has 0 aliphatic rings. The van der Waals surface area contributed by atoms with Gasteiger partial charge in [-0.05, 0) is 31.2 Å². The molecule has 0 aliphatic carbocycles. The number of hydrogen-bond donors (Lipinski definition) is 1. The van der Waals surface area contributed by atoms with Gasteiger partial charge in [-0.15, -0.1) is 6.58 Å². The Kier molecular flexibility index (Phi) is 5.57. The van der Waals surface area contributed by atoms with E-state index in [0.29, 0.717) is 5.88 Å². The van der Waals surface area contributed by atoms with E-state index in [-0.39, 0.29) is 6.04 Å². The first-order valence-corrected chi connectivity index (χ1v) is 5.61. The lowest BCUT2D eigenvalue weighted by atomic mass is 10.0. The average molecular weight is 220 g/mol. The molecule has 1 unspecified atom stereocenters. The number of nitrogens with two attached hydrogens (primary N) is 1. The van der Waals surface area contributed by atoms with Crippen LogP contribution < -0.4 is 10.5 Å². The minimum atomic E-state index is 0.204. The molecule has 1 heterocycles. The highest BCUT2D eigenvalue weighted by molar-refractivity contribution is 5.18. The van der Waals surface area contributed by atoms with Gasteiger partial charge in [0.25, 0.3) is 0 Å². The predicted octanol–water partition coefficient (Wildman–Crippen LogP) is 2.32. The molecule has 1 aromatic heterocycles. The summed E-state index contributed by atoms with van der Waals surface area (Å²) in [6, 6.07) is 4.08. The first kappa shape index (κ1) is 12.7. The minimum absolute atomic E-state index is 0.204. The second kappa shape index (κ2) is 7.01. The average Bonchev–Trinajstić information content (AvgIpc) is 2.30. The lowest BCUT2D eigenvalue weighted by Gasteiger charge is -2.10. The van der Waals surface area contributed by atoms with Gasteiger partial charge in [-0.2, -0.15) is 0 Å². The van der Waals surface area contributed by atoms with E-state index < -0.39 is 0 Å². The molecule has 0 fully saturated rings. The standard InChI is InChI=1S/C13H20N2O/c1-3-4-5-6-12(14)9-11-7-8-13(16-2)15-10-11/h3,7-8,10,12H,1,4-6,9,14H2,2H3. The molecule has 0 saturated carbocycles. The second-order valence-electron chi connectivity index (χ2n) is 3.89. The van der Waals surface area contributed by atoms with Crippen molar-refractivity contribution < 1.29 is 4.74 Å². The van der Waals surface area contributed by atoms with Gasteiger partial charge in [-0.25, -0.2) is 4.98 Å². The van der Waals surface area contributed by atoms with Gasteiger partial charge in [0.15, 0.2) is 0 Å². The SMILES string of the molecule is C=CCCCC(N)Cc1ccc(OC)nc1. The fourth-order valence-electron chi connectivity index (χ4n) is 1.58. The molecule has 0 aliphatic heterocycles. The van der Waals surface area contributed by atoms with Gasteiger partial charge < -0.3 is 10.5 Å². The highest BCUT2D eigenvalue weighted by atomic mass is 16.5. The molecule has 3 nitrogen and oxygen atoms in total. The number of allylic oxidation sites excluding steroid dienone is 1. The highest BCUT2D eigenvalue weighted by Crippen LogP contribution is 2.10. The number of methoxy groups -OCH3 is 1. The quantitative estimate of drug-likeness (QED) is 0.566. The monoisotopic (exact) mass is 220 g/mol. The number of hydrogen-bond acceptors (Lipinski definition) is 3. The van der Waals surface area contributed by atoms with Crippen LogP contribution in [0.4, 0.5) is 0 Å². The molecule has 1 atom stereocenters. The summed E-state index contributed by atoms with van der Waals surface area (Å²) in [6.07, 6.45) is 7.79. The Morgan fingerprint density at radius 3 is 2.94 bits per heavy atom. The van der Waals surface area contributed by atoms with Crippen LogP contribution in [0.1, 0.15) is 24.8 Å². The van der Waals surface area contributed by atoms with Crippen LogP contribution in [0.25, 0.3) is 0 Å². The van der Waals surface area contributed by atoms with Gasteiger partial charge >= 0.3 is 0 Å². The molecular weight excluding hydrogens is 200 g/mol. The third-order valence-electron chi connectivity index (χ3n) is 2.49. The van der Waals surface area contributed by atoms with Crippen molar-refractivity contribution >= 4 is 0 Å². The Bertz CT molecular complexity index is 308. The fraction of sp³-hybridized carbons (Fsp3) is 0.462. The second-order valence-corrected chi connectivity index (χ2v) is 3.89. The molecule has 88 valence electrons. The van der Waals surface area contributed by atoms with Crippen LogP contribution in [0.5, 0.6) is 5.88 Å². The lowest BCUT2D eigenvalue weighted by molar-refractivity contribution is 0.397. The van der Waals surface area contributed by atoms with Gasteiger partial charge in [0.2, 0.25) is 5.88 Å². The molecule has 0 aromatic carbocycles. The number of ether oxygens (including phenoxy) is 1. The number of aromatic nitrogens is 1. The number of pyridine rings is 1. The van der Waals surface area contributed by atoms with E-state index in [4.69, 9.17) is 10.5 Å². The molecule has 3 heteroatoms. The molecule has 0 amide bonds. The Morgan fingerprint density at radius 1 is 1.56 bits per heavy atom. The molecule has 0 radical (unpaired) electrons. The third kappa shape index (κ3) is 4.45. The molecule has 0 saturated heterocycles. The number of unbranched alkanes of at least 4 members (excludes halogenated alkanes) is 1. The molecule has 1 rings (SSSR count). The zero-order chi connectivity index (χ0) is 11.8. The van der Waals surface area contributed by atoms with E-state index >= 15 is 0 Å². The Balaban J connectivity index is 2.37. The van der Waals surface area contributed by atoms with Gasteiger partial charge in [0.1, 0.15) is 0 Å². The van der Waals surface area contributed by atoms with Crippen molar-refractivity contribution in [3.8, 4) is 5.88 Å². The minimum Gasteiger partial charge on any atom is -0.481 e. The smallest absolute Gasteiger partial charge is 0.212 e. The Hall–Kier alpha value is -1.35. The van der Waals surface area contributed by atoms with Crippen molar-refractivity contribution in [1.29, 1.82) is 0 Å². The molecule has 2 N–H and O–H groups in total. The van der Waals surface area contributed by atoms with Crippen LogP contribution >= 0.6 is 0 Å². The van der Waals surface area contributed by atoms with Crippen LogP contribution in [0.2, 0.25) is 0 Å². The Labute approximate surface area is 97.3 Å². The summed E-state index contributed by atoms with van der Waals surface area (Å²) in [5, 5.41) is 0. The van der Waals surface area contributed by atoms with Crippen LogP contribution in [0, 0.1) is 0 Å². The van der Waals surface area contributed by atoms with E-state index in [2.05, 4.69) is 11.6 Å². The number of nitrogens with zero attached hydrogens (tertiary/aromatic N) is 1. The zero-order valence-corrected chi connectivity index (χ0v) is 9.86. The summed E-state index contributed by atoms with van der Waals surface area (Å²) in [6.45, 7) is 3.70. The van der Waals surface area contributed by atoms with E-state index in [0.717, 1.165) is 31.2 Å². The van der Waals surface area contributed by atoms with Crippen molar-refractivity contribution in [2.75, 3.05) is 7.11 Å². The van der Waals surface area contributed by atoms with Gasteiger partial charge in [0.05, 0.1) is 7.11 Å². The molecule has 0 bridgehead atoms. The maximum atomic E-state index is 6.02. The van der Waals surface area contributed by atoms with Gasteiger partial charge in [-0.1, -0.05) is 12.1 Å². The summed E-state index contributed by atoms with van der Waals surface area (Å²) >= 11 is 0. The maximum Gasteiger partial charge on any atom is 0.212 e. The van der Waals surface area contributed by atoms with Crippen molar-refractivity contribution in [2.24, 2.45) is 5.73 Å². The van der Waals surface area contributed by atoms with E-state index in [1.54, 1.807) is 7.11 Å². The van der Waals surface area contributed by atoms with Crippen LogP contribution in [0.3, 0.4) is 0 Å². The van der Waals surface area contributed by atoms with Crippen LogP contribution in [-0.2, 0) is 6.42 Å². The normalized spacial score (nSPS) is 12.1. The van der Waals surface area contributed by atoms with Crippen molar-refractivity contribution in [2.45, 2.75) is 31.7 Å². The summed E-state index contributed by atoms with van der Waals surface area (Å²) in [4.78, 5) is 4.15. The van der Waals surface area contributed by atoms with Crippen LogP contribution in [0.15, 0.2) is 31.0 Å². The van der Waals surface area contributed by atoms with Crippen molar-refractivity contribution in [3.05, 3.63) is 36.5 Å². The van der Waals surface area contributed by atoms with Gasteiger partial charge in [0, 0.05) is 18.3 Å².